The summed E-state index contributed by atoms with van der Waals surface area (Å²) in [6.45, 7) is 0. The molecule has 0 amide bonds. The van der Waals surface area contributed by atoms with E-state index >= 15 is 0 Å². The molecular weight excluding hydrogens is 370 g/mol. The lowest BCUT2D eigenvalue weighted by atomic mass is 10.0. The fourth-order valence-corrected chi connectivity index (χ4v) is 2.97. The predicted octanol–water partition coefficient (Wildman–Crippen LogP) is 3.50. The fourth-order valence-electron chi connectivity index (χ4n) is 2.71. The van der Waals surface area contributed by atoms with E-state index in [2.05, 4.69) is 55.0 Å². The highest BCUT2D eigenvalue weighted by molar-refractivity contribution is 9.10. The fraction of sp³-hybridized carbons (Fsp3) is 0.118. The number of anilines is 1. The normalized spacial score (nSPS) is 16.1. The molecule has 2 heterocycles. The van der Waals surface area contributed by atoms with E-state index in [0.29, 0.717) is 5.95 Å². The number of nitrogens with one attached hydrogen (secondary N) is 1. The van der Waals surface area contributed by atoms with Crippen LogP contribution in [0, 0.1) is 0 Å². The Balaban J connectivity index is 1.79. The zero-order valence-electron chi connectivity index (χ0n) is 12.8. The average Bonchev–Trinajstić information content (AvgIpc) is 3.10. The second-order valence-electron chi connectivity index (χ2n) is 5.38. The Hall–Kier alpha value is -2.67. The lowest BCUT2D eigenvalue weighted by Gasteiger charge is -2.23. The van der Waals surface area contributed by atoms with E-state index in [1.54, 1.807) is 11.8 Å². The smallest absolute Gasteiger partial charge is 0.248 e. The Bertz CT molecular complexity index is 903. The van der Waals surface area contributed by atoms with Gasteiger partial charge in [-0.25, -0.2) is 0 Å². The van der Waals surface area contributed by atoms with E-state index in [-0.39, 0.29) is 6.04 Å². The standard InChI is InChI=1S/C17H14BrN5O/c1-24-14-4-2-3-12(9-14)15-10-16(11-5-7-13(18)8-6-11)23-17(19-15)20-21-22-23/h2-10,16H,1H3,(H,19,20,22)/t16-/m0/s1. The molecule has 3 aromatic rings. The van der Waals surface area contributed by atoms with Gasteiger partial charge in [-0.2, -0.15) is 4.68 Å². The number of hydrogen-bond acceptors (Lipinski definition) is 5. The van der Waals surface area contributed by atoms with Crippen molar-refractivity contribution in [3.05, 3.63) is 70.2 Å². The summed E-state index contributed by atoms with van der Waals surface area (Å²) in [5.74, 6) is 1.42. The molecule has 1 atom stereocenters. The molecule has 0 fully saturated rings. The van der Waals surface area contributed by atoms with E-state index in [4.69, 9.17) is 4.74 Å². The molecule has 0 unspecified atom stereocenters. The number of methoxy groups -OCH3 is 1. The molecule has 0 saturated carbocycles. The third-order valence-electron chi connectivity index (χ3n) is 3.92. The molecule has 1 aliphatic rings. The minimum absolute atomic E-state index is 0.0782. The van der Waals surface area contributed by atoms with Gasteiger partial charge in [0, 0.05) is 15.7 Å². The van der Waals surface area contributed by atoms with E-state index in [9.17, 15) is 0 Å². The van der Waals surface area contributed by atoms with Gasteiger partial charge in [-0.1, -0.05) is 45.3 Å². The van der Waals surface area contributed by atoms with Gasteiger partial charge in [-0.05, 0) is 46.3 Å². The first-order valence-corrected chi connectivity index (χ1v) is 8.20. The third kappa shape index (κ3) is 2.67. The first-order valence-electron chi connectivity index (χ1n) is 7.41. The summed E-state index contributed by atoms with van der Waals surface area (Å²) >= 11 is 3.47. The summed E-state index contributed by atoms with van der Waals surface area (Å²) in [4.78, 5) is 0. The van der Waals surface area contributed by atoms with Gasteiger partial charge in [0.2, 0.25) is 5.95 Å². The zero-order chi connectivity index (χ0) is 16.5. The molecule has 1 aliphatic heterocycles. The summed E-state index contributed by atoms with van der Waals surface area (Å²) < 4.78 is 8.13. The van der Waals surface area contributed by atoms with Gasteiger partial charge < -0.3 is 10.1 Å². The van der Waals surface area contributed by atoms with E-state index in [1.165, 1.54) is 0 Å². The van der Waals surface area contributed by atoms with Crippen LogP contribution in [0.3, 0.4) is 0 Å². The maximum absolute atomic E-state index is 5.32. The lowest BCUT2D eigenvalue weighted by Crippen LogP contribution is -2.20. The number of nitrogens with zero attached hydrogens (tertiary/aromatic N) is 4. The van der Waals surface area contributed by atoms with Crippen LogP contribution in [0.25, 0.3) is 5.70 Å². The Labute approximate surface area is 147 Å². The maximum atomic E-state index is 5.32. The van der Waals surface area contributed by atoms with Crippen molar-refractivity contribution in [2.24, 2.45) is 0 Å². The Kier molecular flexibility index (Phi) is 3.78. The van der Waals surface area contributed by atoms with Crippen LogP contribution in [0.5, 0.6) is 5.75 Å². The second-order valence-corrected chi connectivity index (χ2v) is 6.30. The number of ether oxygens (including phenoxy) is 1. The second kappa shape index (κ2) is 6.09. The highest BCUT2D eigenvalue weighted by atomic mass is 79.9. The molecule has 24 heavy (non-hydrogen) atoms. The molecule has 0 bridgehead atoms. The SMILES string of the molecule is COc1cccc(C2=C[C@@H](c3ccc(Br)cc3)n3nnnc3N2)c1. The van der Waals surface area contributed by atoms with Crippen molar-refractivity contribution in [2.75, 3.05) is 12.4 Å². The number of tetrazole rings is 1. The Morgan fingerprint density at radius 3 is 2.79 bits per heavy atom. The first kappa shape index (κ1) is 14.9. The molecule has 4 rings (SSSR count). The Morgan fingerprint density at radius 2 is 2.00 bits per heavy atom. The molecule has 0 radical (unpaired) electrons. The van der Waals surface area contributed by atoms with Gasteiger partial charge >= 0.3 is 0 Å². The van der Waals surface area contributed by atoms with Crippen molar-refractivity contribution in [1.82, 2.24) is 20.2 Å². The predicted molar refractivity (Wildman–Crippen MR) is 94.7 cm³/mol. The zero-order valence-corrected chi connectivity index (χ0v) is 14.4. The minimum Gasteiger partial charge on any atom is -0.497 e. The summed E-state index contributed by atoms with van der Waals surface area (Å²) in [6, 6.07) is 16.0. The molecule has 0 aliphatic carbocycles. The van der Waals surface area contributed by atoms with Gasteiger partial charge in [0.05, 0.1) is 7.11 Å². The number of halogens is 1. The van der Waals surface area contributed by atoms with Crippen molar-refractivity contribution in [2.45, 2.75) is 6.04 Å². The topological polar surface area (TPSA) is 64.9 Å². The van der Waals surface area contributed by atoms with Gasteiger partial charge in [0.25, 0.3) is 0 Å². The minimum atomic E-state index is -0.0782. The molecule has 0 saturated heterocycles. The van der Waals surface area contributed by atoms with Crippen molar-refractivity contribution in [1.29, 1.82) is 0 Å². The monoisotopic (exact) mass is 383 g/mol. The van der Waals surface area contributed by atoms with Crippen LogP contribution in [0.2, 0.25) is 0 Å². The number of allylic oxidation sites excluding steroid dienone is 1. The van der Waals surface area contributed by atoms with Crippen LogP contribution in [0.15, 0.2) is 59.1 Å². The van der Waals surface area contributed by atoms with Gasteiger partial charge in [-0.3, -0.25) is 0 Å². The molecule has 1 aromatic heterocycles. The summed E-state index contributed by atoms with van der Waals surface area (Å²) in [5.41, 5.74) is 3.07. The van der Waals surface area contributed by atoms with Crippen LogP contribution in [-0.4, -0.2) is 27.3 Å². The number of hydrogen-bond donors (Lipinski definition) is 1. The molecular formula is C17H14BrN5O. The molecule has 1 N–H and O–H groups in total. The largest absolute Gasteiger partial charge is 0.497 e. The van der Waals surface area contributed by atoms with Gasteiger partial charge in [-0.15, -0.1) is 0 Å². The lowest BCUT2D eigenvalue weighted by molar-refractivity contribution is 0.414. The first-order chi connectivity index (χ1) is 11.7. The number of rotatable bonds is 3. The van der Waals surface area contributed by atoms with Crippen molar-refractivity contribution in [3.63, 3.8) is 0 Å². The van der Waals surface area contributed by atoms with Crippen LogP contribution < -0.4 is 10.1 Å². The van der Waals surface area contributed by atoms with Crippen molar-refractivity contribution in [3.8, 4) is 5.75 Å². The Morgan fingerprint density at radius 1 is 1.17 bits per heavy atom. The van der Waals surface area contributed by atoms with Crippen molar-refractivity contribution < 1.29 is 4.74 Å². The van der Waals surface area contributed by atoms with Crippen LogP contribution in [0.4, 0.5) is 5.95 Å². The number of benzene rings is 2. The van der Waals surface area contributed by atoms with Crippen molar-refractivity contribution >= 4 is 27.6 Å². The summed E-state index contributed by atoms with van der Waals surface area (Å²) in [5, 5.41) is 15.3. The van der Waals surface area contributed by atoms with Crippen LogP contribution in [0.1, 0.15) is 17.2 Å². The maximum Gasteiger partial charge on any atom is 0.248 e. The van der Waals surface area contributed by atoms with E-state index < -0.39 is 0 Å². The summed E-state index contributed by atoms with van der Waals surface area (Å²) in [7, 11) is 1.66. The third-order valence-corrected chi connectivity index (χ3v) is 4.45. The van der Waals surface area contributed by atoms with E-state index in [0.717, 1.165) is 27.0 Å². The highest BCUT2D eigenvalue weighted by Crippen LogP contribution is 2.32. The summed E-state index contributed by atoms with van der Waals surface area (Å²) in [6.07, 6.45) is 2.11. The quantitative estimate of drug-likeness (QED) is 0.749. The van der Waals surface area contributed by atoms with Crippen LogP contribution in [-0.2, 0) is 0 Å². The number of fused-ring (bicyclic) bond motifs is 1. The highest BCUT2D eigenvalue weighted by Gasteiger charge is 2.24. The molecule has 6 nitrogen and oxygen atoms in total. The molecule has 0 spiro atoms. The molecule has 2 aromatic carbocycles. The van der Waals surface area contributed by atoms with Crippen LogP contribution >= 0.6 is 15.9 Å². The van der Waals surface area contributed by atoms with Gasteiger partial charge in [0.1, 0.15) is 11.8 Å². The number of aromatic nitrogens is 4. The molecule has 120 valence electrons. The average molecular weight is 384 g/mol. The van der Waals surface area contributed by atoms with Gasteiger partial charge in [0.15, 0.2) is 0 Å². The molecule has 7 heteroatoms. The van der Waals surface area contributed by atoms with E-state index in [1.807, 2.05) is 36.4 Å².